The SMILES string of the molecule is CCNc1ncnc(SCCN(CC)CC)c1Br. The van der Waals surface area contributed by atoms with E-state index < -0.39 is 0 Å². The Bertz CT molecular complexity index is 358. The molecule has 0 radical (unpaired) electrons. The molecule has 0 aliphatic heterocycles. The van der Waals surface area contributed by atoms with E-state index in [0.29, 0.717) is 0 Å². The number of nitrogens with one attached hydrogen (secondary N) is 1. The van der Waals surface area contributed by atoms with Crippen molar-refractivity contribution in [1.82, 2.24) is 14.9 Å². The average Bonchev–Trinajstić information content (AvgIpc) is 2.39. The predicted molar refractivity (Wildman–Crippen MR) is 82.4 cm³/mol. The van der Waals surface area contributed by atoms with E-state index in [0.717, 1.165) is 47.2 Å². The van der Waals surface area contributed by atoms with Crippen molar-refractivity contribution in [3.8, 4) is 0 Å². The summed E-state index contributed by atoms with van der Waals surface area (Å²) in [6.07, 6.45) is 1.61. The minimum atomic E-state index is 0.860. The zero-order valence-electron chi connectivity index (χ0n) is 11.2. The minimum Gasteiger partial charge on any atom is -0.369 e. The highest BCUT2D eigenvalue weighted by Crippen LogP contribution is 2.29. The smallest absolute Gasteiger partial charge is 0.144 e. The summed E-state index contributed by atoms with van der Waals surface area (Å²) in [4.78, 5) is 10.9. The molecular formula is C12H21BrN4S. The standard InChI is InChI=1S/C12H21BrN4S/c1-4-14-11-10(13)12(16-9-15-11)18-8-7-17(5-2)6-3/h9H,4-8H2,1-3H3,(H,14,15,16). The molecule has 102 valence electrons. The maximum atomic E-state index is 4.32. The van der Waals surface area contributed by atoms with Crippen LogP contribution in [0.25, 0.3) is 0 Å². The van der Waals surface area contributed by atoms with Crippen LogP contribution in [0.4, 0.5) is 5.82 Å². The third-order valence-corrected chi connectivity index (χ3v) is 4.63. The molecule has 0 aromatic carbocycles. The highest BCUT2D eigenvalue weighted by molar-refractivity contribution is 9.10. The lowest BCUT2D eigenvalue weighted by Gasteiger charge is -2.17. The predicted octanol–water partition coefficient (Wildman–Crippen LogP) is 3.10. The summed E-state index contributed by atoms with van der Waals surface area (Å²) in [6.45, 7) is 10.6. The fourth-order valence-electron chi connectivity index (χ4n) is 1.56. The van der Waals surface area contributed by atoms with Crippen molar-refractivity contribution in [2.24, 2.45) is 0 Å². The van der Waals surface area contributed by atoms with Crippen molar-refractivity contribution in [2.75, 3.05) is 37.2 Å². The summed E-state index contributed by atoms with van der Waals surface area (Å²) in [7, 11) is 0. The first-order chi connectivity index (χ1) is 8.72. The first kappa shape index (κ1) is 15.7. The number of anilines is 1. The van der Waals surface area contributed by atoms with Gasteiger partial charge in [-0.15, -0.1) is 11.8 Å². The molecule has 1 aromatic heterocycles. The summed E-state index contributed by atoms with van der Waals surface area (Å²) in [5.41, 5.74) is 0. The second kappa shape index (κ2) is 8.72. The summed E-state index contributed by atoms with van der Waals surface area (Å²) < 4.78 is 0.969. The Morgan fingerprint density at radius 3 is 2.61 bits per heavy atom. The van der Waals surface area contributed by atoms with Gasteiger partial charge in [-0.05, 0) is 35.9 Å². The van der Waals surface area contributed by atoms with Gasteiger partial charge < -0.3 is 10.2 Å². The molecule has 1 rings (SSSR count). The van der Waals surface area contributed by atoms with Crippen LogP contribution < -0.4 is 5.32 Å². The highest BCUT2D eigenvalue weighted by atomic mass is 79.9. The van der Waals surface area contributed by atoms with Gasteiger partial charge in [0, 0.05) is 18.8 Å². The van der Waals surface area contributed by atoms with Crippen LogP contribution in [-0.4, -0.2) is 46.8 Å². The normalized spacial score (nSPS) is 10.9. The Morgan fingerprint density at radius 2 is 2.00 bits per heavy atom. The van der Waals surface area contributed by atoms with E-state index in [1.165, 1.54) is 0 Å². The largest absolute Gasteiger partial charge is 0.369 e. The first-order valence-corrected chi connectivity index (χ1v) is 8.10. The second-order valence-electron chi connectivity index (χ2n) is 3.75. The number of halogens is 1. The van der Waals surface area contributed by atoms with Gasteiger partial charge in [0.05, 0.1) is 4.47 Å². The van der Waals surface area contributed by atoms with Crippen LogP contribution in [0.3, 0.4) is 0 Å². The van der Waals surface area contributed by atoms with Crippen LogP contribution in [0.2, 0.25) is 0 Å². The quantitative estimate of drug-likeness (QED) is 0.585. The lowest BCUT2D eigenvalue weighted by molar-refractivity contribution is 0.324. The number of rotatable bonds is 8. The third-order valence-electron chi connectivity index (χ3n) is 2.64. The fraction of sp³-hybridized carbons (Fsp3) is 0.667. The highest BCUT2D eigenvalue weighted by Gasteiger charge is 2.09. The molecule has 6 heteroatoms. The van der Waals surface area contributed by atoms with E-state index in [1.807, 2.05) is 0 Å². The Morgan fingerprint density at radius 1 is 1.28 bits per heavy atom. The second-order valence-corrected chi connectivity index (χ2v) is 5.62. The summed E-state index contributed by atoms with van der Waals surface area (Å²) in [5.74, 6) is 1.92. The van der Waals surface area contributed by atoms with E-state index in [1.54, 1.807) is 18.1 Å². The minimum absolute atomic E-state index is 0.860. The molecule has 0 saturated carbocycles. The van der Waals surface area contributed by atoms with Crippen molar-refractivity contribution in [2.45, 2.75) is 25.8 Å². The van der Waals surface area contributed by atoms with E-state index in [2.05, 4.69) is 56.9 Å². The maximum absolute atomic E-state index is 4.32. The molecule has 0 amide bonds. The molecule has 0 unspecified atom stereocenters. The van der Waals surface area contributed by atoms with Gasteiger partial charge in [-0.25, -0.2) is 9.97 Å². The molecule has 0 spiro atoms. The molecule has 0 bridgehead atoms. The van der Waals surface area contributed by atoms with E-state index in [4.69, 9.17) is 0 Å². The molecule has 1 N–H and O–H groups in total. The van der Waals surface area contributed by atoms with E-state index in [9.17, 15) is 0 Å². The van der Waals surface area contributed by atoms with Crippen LogP contribution in [0.15, 0.2) is 15.8 Å². The zero-order valence-corrected chi connectivity index (χ0v) is 13.6. The van der Waals surface area contributed by atoms with Crippen LogP contribution >= 0.6 is 27.7 Å². The van der Waals surface area contributed by atoms with Crippen LogP contribution in [0.5, 0.6) is 0 Å². The Balaban J connectivity index is 2.54. The molecule has 0 saturated heterocycles. The molecule has 0 aliphatic rings. The number of thioether (sulfide) groups is 1. The van der Waals surface area contributed by atoms with Crippen molar-refractivity contribution >= 4 is 33.5 Å². The molecule has 1 heterocycles. The summed E-state index contributed by atoms with van der Waals surface area (Å²) in [5, 5.41) is 4.22. The lowest BCUT2D eigenvalue weighted by atomic mass is 10.5. The topological polar surface area (TPSA) is 41.1 Å². The Labute approximate surface area is 122 Å². The van der Waals surface area contributed by atoms with Gasteiger partial charge in [0.25, 0.3) is 0 Å². The van der Waals surface area contributed by atoms with Gasteiger partial charge in [0.1, 0.15) is 17.2 Å². The van der Waals surface area contributed by atoms with Gasteiger partial charge >= 0.3 is 0 Å². The average molecular weight is 333 g/mol. The van der Waals surface area contributed by atoms with Crippen molar-refractivity contribution in [3.63, 3.8) is 0 Å². The maximum Gasteiger partial charge on any atom is 0.144 e. The Kier molecular flexibility index (Phi) is 7.62. The lowest BCUT2D eigenvalue weighted by Crippen LogP contribution is -2.25. The number of nitrogens with zero attached hydrogens (tertiary/aromatic N) is 3. The molecule has 0 fully saturated rings. The molecule has 0 aliphatic carbocycles. The van der Waals surface area contributed by atoms with E-state index >= 15 is 0 Å². The monoisotopic (exact) mass is 332 g/mol. The molecular weight excluding hydrogens is 312 g/mol. The van der Waals surface area contributed by atoms with E-state index in [-0.39, 0.29) is 0 Å². The van der Waals surface area contributed by atoms with Crippen molar-refractivity contribution in [1.29, 1.82) is 0 Å². The molecule has 0 atom stereocenters. The number of hydrogen-bond acceptors (Lipinski definition) is 5. The number of hydrogen-bond donors (Lipinski definition) is 1. The van der Waals surface area contributed by atoms with Gasteiger partial charge in [-0.1, -0.05) is 13.8 Å². The summed E-state index contributed by atoms with van der Waals surface area (Å²) in [6, 6.07) is 0. The van der Waals surface area contributed by atoms with Gasteiger partial charge in [-0.2, -0.15) is 0 Å². The van der Waals surface area contributed by atoms with Crippen LogP contribution in [0, 0.1) is 0 Å². The Hall–Kier alpha value is -0.330. The zero-order chi connectivity index (χ0) is 13.4. The van der Waals surface area contributed by atoms with Gasteiger partial charge in [-0.3, -0.25) is 0 Å². The first-order valence-electron chi connectivity index (χ1n) is 6.32. The summed E-state index contributed by atoms with van der Waals surface area (Å²) >= 11 is 5.33. The molecule has 4 nitrogen and oxygen atoms in total. The molecule has 18 heavy (non-hydrogen) atoms. The van der Waals surface area contributed by atoms with Gasteiger partial charge in [0.15, 0.2) is 0 Å². The number of aromatic nitrogens is 2. The van der Waals surface area contributed by atoms with Crippen molar-refractivity contribution < 1.29 is 0 Å². The third kappa shape index (κ3) is 4.74. The van der Waals surface area contributed by atoms with Crippen LogP contribution in [0.1, 0.15) is 20.8 Å². The van der Waals surface area contributed by atoms with Crippen molar-refractivity contribution in [3.05, 3.63) is 10.8 Å². The van der Waals surface area contributed by atoms with Gasteiger partial charge in [0.2, 0.25) is 0 Å². The fourth-order valence-corrected chi connectivity index (χ4v) is 3.13. The van der Waals surface area contributed by atoms with Crippen LogP contribution in [-0.2, 0) is 0 Å². The molecule has 1 aromatic rings.